The van der Waals surface area contributed by atoms with Gasteiger partial charge in [0.25, 0.3) is 5.91 Å². The van der Waals surface area contributed by atoms with E-state index in [-0.39, 0.29) is 17.2 Å². The molecule has 1 aromatic carbocycles. The van der Waals surface area contributed by atoms with E-state index in [1.807, 2.05) is 0 Å². The number of carbonyl (C=O) groups is 1. The summed E-state index contributed by atoms with van der Waals surface area (Å²) < 4.78 is 26.9. The summed E-state index contributed by atoms with van der Waals surface area (Å²) in [6, 6.07) is 7.75. The fourth-order valence-electron chi connectivity index (χ4n) is 1.50. The largest absolute Gasteiger partial charge is 0.301 e. The van der Waals surface area contributed by atoms with Crippen LogP contribution in [0.5, 0.6) is 0 Å². The Hall–Kier alpha value is -2.52. The smallest absolute Gasteiger partial charge is 0.290 e. The zero-order chi connectivity index (χ0) is 16.2. The monoisotopic (exact) mass is 321 g/mol. The van der Waals surface area contributed by atoms with E-state index >= 15 is 0 Å². The van der Waals surface area contributed by atoms with Crippen LogP contribution in [0.15, 0.2) is 42.7 Å². The second-order valence-electron chi connectivity index (χ2n) is 4.50. The Morgan fingerprint density at radius 2 is 1.82 bits per heavy atom. The molecule has 0 aliphatic rings. The second kappa shape index (κ2) is 6.50. The van der Waals surface area contributed by atoms with Crippen LogP contribution in [0.3, 0.4) is 0 Å². The average Bonchev–Trinajstić information content (AvgIpc) is 2.48. The first-order chi connectivity index (χ1) is 10.4. The maximum absolute atomic E-state index is 12.1. The van der Waals surface area contributed by atoms with Crippen LogP contribution < -0.4 is 10.0 Å². The molecule has 1 heterocycles. The van der Waals surface area contributed by atoms with Crippen LogP contribution in [-0.2, 0) is 10.2 Å². The van der Waals surface area contributed by atoms with E-state index < -0.39 is 16.1 Å². The van der Waals surface area contributed by atoms with Gasteiger partial charge in [-0.3, -0.25) is 14.8 Å². The standard InChI is InChI=1S/C13H15N5O3S/c1-18(2)22(20,21)17-11-6-3-5-10(9-11)12(19)16-13-14-7-4-8-15-13/h3-9,17H,1-2H3,(H,14,15,16,19). The van der Waals surface area contributed by atoms with Crippen LogP contribution in [0.25, 0.3) is 0 Å². The van der Waals surface area contributed by atoms with Crippen molar-refractivity contribution in [3.05, 3.63) is 48.3 Å². The highest BCUT2D eigenvalue weighted by atomic mass is 32.2. The van der Waals surface area contributed by atoms with Gasteiger partial charge in [0.1, 0.15) is 0 Å². The van der Waals surface area contributed by atoms with Crippen LogP contribution >= 0.6 is 0 Å². The molecular weight excluding hydrogens is 306 g/mol. The molecule has 8 nitrogen and oxygen atoms in total. The van der Waals surface area contributed by atoms with Gasteiger partial charge in [-0.25, -0.2) is 9.97 Å². The average molecular weight is 321 g/mol. The number of benzene rings is 1. The van der Waals surface area contributed by atoms with Gasteiger partial charge in [0, 0.05) is 32.1 Å². The van der Waals surface area contributed by atoms with Crippen molar-refractivity contribution in [2.45, 2.75) is 0 Å². The quantitative estimate of drug-likeness (QED) is 0.853. The maximum Gasteiger partial charge on any atom is 0.301 e. The number of nitrogens with zero attached hydrogens (tertiary/aromatic N) is 3. The lowest BCUT2D eigenvalue weighted by Crippen LogP contribution is -2.29. The zero-order valence-corrected chi connectivity index (χ0v) is 12.8. The van der Waals surface area contributed by atoms with E-state index in [0.717, 1.165) is 4.31 Å². The fourth-order valence-corrected chi connectivity index (χ4v) is 2.11. The number of hydrogen-bond donors (Lipinski definition) is 2. The molecule has 1 amide bonds. The molecule has 2 rings (SSSR count). The van der Waals surface area contributed by atoms with Crippen molar-refractivity contribution in [2.24, 2.45) is 0 Å². The van der Waals surface area contributed by atoms with Crippen LogP contribution in [0.2, 0.25) is 0 Å². The van der Waals surface area contributed by atoms with Gasteiger partial charge in [-0.15, -0.1) is 0 Å². The number of carbonyl (C=O) groups excluding carboxylic acids is 1. The minimum absolute atomic E-state index is 0.173. The van der Waals surface area contributed by atoms with Crippen LogP contribution in [0.4, 0.5) is 11.6 Å². The summed E-state index contributed by atoms with van der Waals surface area (Å²) in [5.41, 5.74) is 0.571. The van der Waals surface area contributed by atoms with Crippen molar-refractivity contribution >= 4 is 27.8 Å². The topological polar surface area (TPSA) is 104 Å². The highest BCUT2D eigenvalue weighted by Crippen LogP contribution is 2.14. The lowest BCUT2D eigenvalue weighted by molar-refractivity contribution is 0.102. The third kappa shape index (κ3) is 3.99. The van der Waals surface area contributed by atoms with E-state index in [0.29, 0.717) is 0 Å². The van der Waals surface area contributed by atoms with Crippen molar-refractivity contribution in [2.75, 3.05) is 24.1 Å². The molecule has 0 saturated heterocycles. The first kappa shape index (κ1) is 15.9. The molecule has 0 unspecified atom stereocenters. The molecule has 9 heteroatoms. The van der Waals surface area contributed by atoms with E-state index in [1.165, 1.54) is 32.6 Å². The molecule has 0 radical (unpaired) electrons. The normalized spacial score (nSPS) is 11.2. The third-order valence-electron chi connectivity index (χ3n) is 2.64. The van der Waals surface area contributed by atoms with Gasteiger partial charge < -0.3 is 0 Å². The zero-order valence-electron chi connectivity index (χ0n) is 12.0. The Balaban J connectivity index is 2.16. The first-order valence-electron chi connectivity index (χ1n) is 6.27. The Bertz CT molecular complexity index is 762. The molecule has 0 spiro atoms. The second-order valence-corrected chi connectivity index (χ2v) is 6.38. The Labute approximate surface area is 128 Å². The van der Waals surface area contributed by atoms with Gasteiger partial charge in [0.2, 0.25) is 5.95 Å². The molecule has 2 N–H and O–H groups in total. The van der Waals surface area contributed by atoms with Gasteiger partial charge in [0.15, 0.2) is 0 Å². The van der Waals surface area contributed by atoms with Crippen molar-refractivity contribution in [3.63, 3.8) is 0 Å². The lowest BCUT2D eigenvalue weighted by atomic mass is 10.2. The van der Waals surface area contributed by atoms with Crippen LogP contribution in [0, 0.1) is 0 Å². The molecule has 0 aliphatic carbocycles. The molecule has 0 aliphatic heterocycles. The van der Waals surface area contributed by atoms with E-state index in [2.05, 4.69) is 20.0 Å². The first-order valence-corrected chi connectivity index (χ1v) is 7.71. The van der Waals surface area contributed by atoms with Crippen LogP contribution in [-0.4, -0.2) is 42.7 Å². The summed E-state index contributed by atoms with van der Waals surface area (Å²) in [5, 5.41) is 2.52. The number of nitrogens with one attached hydrogen (secondary N) is 2. The molecule has 1 aromatic heterocycles. The van der Waals surface area contributed by atoms with Gasteiger partial charge in [0.05, 0.1) is 5.69 Å². The lowest BCUT2D eigenvalue weighted by Gasteiger charge is -2.13. The summed E-state index contributed by atoms with van der Waals surface area (Å²) in [6.45, 7) is 0. The SMILES string of the molecule is CN(C)S(=O)(=O)Nc1cccc(C(=O)Nc2ncccn2)c1. The highest BCUT2D eigenvalue weighted by molar-refractivity contribution is 7.90. The fraction of sp³-hybridized carbons (Fsp3) is 0.154. The predicted molar refractivity (Wildman–Crippen MR) is 82.7 cm³/mol. The number of amides is 1. The molecule has 22 heavy (non-hydrogen) atoms. The summed E-state index contributed by atoms with van der Waals surface area (Å²) in [7, 11) is -0.809. The van der Waals surface area contributed by atoms with Gasteiger partial charge in [-0.2, -0.15) is 12.7 Å². The Morgan fingerprint density at radius 1 is 1.14 bits per heavy atom. The van der Waals surface area contributed by atoms with Gasteiger partial charge in [-0.1, -0.05) is 6.07 Å². The molecule has 2 aromatic rings. The van der Waals surface area contributed by atoms with Crippen molar-refractivity contribution in [3.8, 4) is 0 Å². The Kier molecular flexibility index (Phi) is 4.68. The van der Waals surface area contributed by atoms with Crippen molar-refractivity contribution < 1.29 is 13.2 Å². The molecule has 0 bridgehead atoms. The minimum atomic E-state index is -3.63. The Morgan fingerprint density at radius 3 is 2.45 bits per heavy atom. The molecule has 0 fully saturated rings. The van der Waals surface area contributed by atoms with E-state index in [4.69, 9.17) is 0 Å². The highest BCUT2D eigenvalue weighted by Gasteiger charge is 2.14. The summed E-state index contributed by atoms with van der Waals surface area (Å²) in [4.78, 5) is 19.9. The molecule has 116 valence electrons. The van der Waals surface area contributed by atoms with E-state index in [9.17, 15) is 13.2 Å². The van der Waals surface area contributed by atoms with E-state index in [1.54, 1.807) is 24.3 Å². The van der Waals surface area contributed by atoms with Gasteiger partial charge in [-0.05, 0) is 24.3 Å². The molecular formula is C13H15N5O3S. The summed E-state index contributed by atoms with van der Waals surface area (Å²) in [6.07, 6.45) is 3.01. The molecule has 0 atom stereocenters. The van der Waals surface area contributed by atoms with Crippen molar-refractivity contribution in [1.82, 2.24) is 14.3 Å². The van der Waals surface area contributed by atoms with Crippen molar-refractivity contribution in [1.29, 1.82) is 0 Å². The predicted octanol–water partition coefficient (Wildman–Crippen LogP) is 0.947. The molecule has 0 saturated carbocycles. The number of hydrogen-bond acceptors (Lipinski definition) is 5. The number of rotatable bonds is 5. The third-order valence-corrected chi connectivity index (χ3v) is 4.10. The maximum atomic E-state index is 12.1. The van der Waals surface area contributed by atoms with Gasteiger partial charge >= 0.3 is 10.2 Å². The minimum Gasteiger partial charge on any atom is -0.290 e. The summed E-state index contributed by atoms with van der Waals surface area (Å²) >= 11 is 0. The number of anilines is 2. The van der Waals surface area contributed by atoms with Crippen LogP contribution in [0.1, 0.15) is 10.4 Å². The summed E-state index contributed by atoms with van der Waals surface area (Å²) in [5.74, 6) is -0.260. The number of aromatic nitrogens is 2.